The first-order valence-corrected chi connectivity index (χ1v) is 6.61. The Labute approximate surface area is 98.0 Å². The highest BCUT2D eigenvalue weighted by atomic mass is 14.8. The van der Waals surface area contributed by atoms with Crippen LogP contribution < -0.4 is 5.73 Å². The van der Waals surface area contributed by atoms with E-state index in [0.29, 0.717) is 0 Å². The van der Waals surface area contributed by atoms with Crippen molar-refractivity contribution in [3.05, 3.63) is 34.4 Å². The van der Waals surface area contributed by atoms with Gasteiger partial charge in [-0.05, 0) is 74.1 Å². The van der Waals surface area contributed by atoms with Gasteiger partial charge < -0.3 is 5.73 Å². The Morgan fingerprint density at radius 1 is 1.00 bits per heavy atom. The maximum atomic E-state index is 6.50. The second-order valence-electron chi connectivity index (χ2n) is 5.60. The summed E-state index contributed by atoms with van der Waals surface area (Å²) in [5.74, 6) is 0. The molecule has 2 aliphatic rings. The van der Waals surface area contributed by atoms with Gasteiger partial charge in [-0.3, -0.25) is 0 Å². The van der Waals surface area contributed by atoms with E-state index in [1.54, 1.807) is 11.1 Å². The smallest absolute Gasteiger partial charge is 0.0412 e. The summed E-state index contributed by atoms with van der Waals surface area (Å²) in [6.07, 6.45) is 8.90. The predicted molar refractivity (Wildman–Crippen MR) is 67.5 cm³/mol. The molecule has 0 spiro atoms. The number of nitrogens with two attached hydrogens (primary N) is 1. The van der Waals surface area contributed by atoms with Gasteiger partial charge in [0.1, 0.15) is 0 Å². The fraction of sp³-hybridized carbons (Fsp3) is 0.600. The molecule has 2 N–H and O–H groups in total. The Balaban J connectivity index is 2.11. The average molecular weight is 215 g/mol. The molecule has 3 rings (SSSR count). The Bertz CT molecular complexity index is 416. The molecular weight excluding hydrogens is 194 g/mol. The van der Waals surface area contributed by atoms with Crippen molar-refractivity contribution in [2.24, 2.45) is 5.73 Å². The quantitative estimate of drug-likeness (QED) is 0.765. The zero-order chi connectivity index (χ0) is 11.2. The lowest BCUT2D eigenvalue weighted by atomic mass is 9.69. The van der Waals surface area contributed by atoms with Crippen LogP contribution in [0.15, 0.2) is 12.1 Å². The van der Waals surface area contributed by atoms with Gasteiger partial charge in [-0.2, -0.15) is 0 Å². The highest BCUT2D eigenvalue weighted by Gasteiger charge is 2.36. The Kier molecular flexibility index (Phi) is 2.32. The molecule has 0 saturated heterocycles. The van der Waals surface area contributed by atoms with Crippen LogP contribution in [0.25, 0.3) is 0 Å². The molecule has 1 heteroatoms. The van der Waals surface area contributed by atoms with E-state index in [1.165, 1.54) is 56.1 Å². The summed E-state index contributed by atoms with van der Waals surface area (Å²) in [4.78, 5) is 0. The van der Waals surface area contributed by atoms with E-state index in [0.717, 1.165) is 0 Å². The van der Waals surface area contributed by atoms with Crippen LogP contribution in [0.1, 0.15) is 54.4 Å². The molecule has 2 aliphatic carbocycles. The zero-order valence-electron chi connectivity index (χ0n) is 10.2. The number of benzene rings is 1. The van der Waals surface area contributed by atoms with Crippen LogP contribution >= 0.6 is 0 Å². The minimum absolute atomic E-state index is 0.0229. The largest absolute Gasteiger partial charge is 0.321 e. The van der Waals surface area contributed by atoms with E-state index < -0.39 is 0 Å². The first-order valence-electron chi connectivity index (χ1n) is 6.61. The molecule has 1 aromatic rings. The summed E-state index contributed by atoms with van der Waals surface area (Å²) in [5.41, 5.74) is 12.7. The molecule has 0 bridgehead atoms. The molecule has 16 heavy (non-hydrogen) atoms. The molecule has 0 radical (unpaired) electrons. The lowest BCUT2D eigenvalue weighted by Gasteiger charge is -2.41. The third-order valence-electron chi connectivity index (χ3n) is 4.55. The van der Waals surface area contributed by atoms with E-state index in [4.69, 9.17) is 5.73 Å². The van der Waals surface area contributed by atoms with Crippen LogP contribution in [-0.2, 0) is 18.4 Å². The predicted octanol–water partition coefficient (Wildman–Crippen LogP) is 3.21. The normalized spacial score (nSPS) is 22.4. The van der Waals surface area contributed by atoms with E-state index >= 15 is 0 Å². The molecule has 1 saturated carbocycles. The number of rotatable bonds is 1. The average Bonchev–Trinajstić information content (AvgIpc) is 2.27. The minimum Gasteiger partial charge on any atom is -0.321 e. The van der Waals surface area contributed by atoms with Gasteiger partial charge in [0.2, 0.25) is 0 Å². The van der Waals surface area contributed by atoms with Crippen LogP contribution in [0, 0.1) is 6.92 Å². The number of hydrogen-bond donors (Lipinski definition) is 1. The number of aryl methyl sites for hydroxylation is 1. The molecule has 0 aromatic heterocycles. The summed E-state index contributed by atoms with van der Waals surface area (Å²) in [6, 6.07) is 4.59. The third kappa shape index (κ3) is 1.41. The number of fused-ring (bicyclic) bond motifs is 1. The Hall–Kier alpha value is -0.820. The monoisotopic (exact) mass is 215 g/mol. The molecule has 0 heterocycles. The van der Waals surface area contributed by atoms with Crippen molar-refractivity contribution < 1.29 is 0 Å². The third-order valence-corrected chi connectivity index (χ3v) is 4.55. The Morgan fingerprint density at radius 2 is 1.69 bits per heavy atom. The van der Waals surface area contributed by atoms with Crippen molar-refractivity contribution >= 4 is 0 Å². The lowest BCUT2D eigenvalue weighted by molar-refractivity contribution is 0.251. The van der Waals surface area contributed by atoms with Gasteiger partial charge in [-0.1, -0.05) is 12.1 Å². The summed E-state index contributed by atoms with van der Waals surface area (Å²) in [5, 5.41) is 0. The van der Waals surface area contributed by atoms with Gasteiger partial charge in [0.15, 0.2) is 0 Å². The molecule has 1 nitrogen and oxygen atoms in total. The van der Waals surface area contributed by atoms with E-state index in [-0.39, 0.29) is 5.54 Å². The van der Waals surface area contributed by atoms with Gasteiger partial charge in [0.05, 0.1) is 0 Å². The van der Waals surface area contributed by atoms with Crippen LogP contribution in [0.3, 0.4) is 0 Å². The van der Waals surface area contributed by atoms with Crippen LogP contribution in [0.2, 0.25) is 0 Å². The summed E-state index contributed by atoms with van der Waals surface area (Å²) in [7, 11) is 0. The summed E-state index contributed by atoms with van der Waals surface area (Å²) in [6.45, 7) is 2.25. The zero-order valence-corrected chi connectivity index (χ0v) is 10.2. The second kappa shape index (κ2) is 3.59. The Morgan fingerprint density at radius 3 is 2.31 bits per heavy atom. The molecule has 0 atom stereocenters. The standard InChI is InChI=1S/C15H21N/c1-11-7-8-14(15(16)9-4-10-15)13-6-3-2-5-12(11)13/h7-8H,2-6,9-10,16H2,1H3. The number of hydrogen-bond acceptors (Lipinski definition) is 1. The van der Waals surface area contributed by atoms with Crippen LogP contribution in [0.4, 0.5) is 0 Å². The van der Waals surface area contributed by atoms with Gasteiger partial charge in [-0.25, -0.2) is 0 Å². The molecule has 0 aliphatic heterocycles. The maximum Gasteiger partial charge on any atom is 0.0412 e. The van der Waals surface area contributed by atoms with Crippen molar-refractivity contribution in [3.63, 3.8) is 0 Å². The summed E-state index contributed by atoms with van der Waals surface area (Å²) >= 11 is 0. The SMILES string of the molecule is Cc1ccc(C2(N)CCC2)c2c1CCCC2. The first kappa shape index (κ1) is 10.3. The van der Waals surface area contributed by atoms with Gasteiger partial charge in [0.25, 0.3) is 0 Å². The molecule has 0 amide bonds. The van der Waals surface area contributed by atoms with Crippen molar-refractivity contribution in [2.75, 3.05) is 0 Å². The fourth-order valence-electron chi connectivity index (χ4n) is 3.34. The second-order valence-corrected chi connectivity index (χ2v) is 5.60. The maximum absolute atomic E-state index is 6.50. The lowest BCUT2D eigenvalue weighted by Crippen LogP contribution is -2.44. The van der Waals surface area contributed by atoms with E-state index in [1.807, 2.05) is 0 Å². The summed E-state index contributed by atoms with van der Waals surface area (Å²) < 4.78 is 0. The van der Waals surface area contributed by atoms with Crippen molar-refractivity contribution in [3.8, 4) is 0 Å². The molecule has 1 aromatic carbocycles. The fourth-order valence-corrected chi connectivity index (χ4v) is 3.34. The van der Waals surface area contributed by atoms with Crippen molar-refractivity contribution in [1.82, 2.24) is 0 Å². The van der Waals surface area contributed by atoms with Crippen LogP contribution in [0.5, 0.6) is 0 Å². The minimum atomic E-state index is 0.0229. The molecule has 0 unspecified atom stereocenters. The highest BCUT2D eigenvalue weighted by molar-refractivity contribution is 5.46. The first-order chi connectivity index (χ1) is 7.71. The van der Waals surface area contributed by atoms with Crippen LogP contribution in [-0.4, -0.2) is 0 Å². The van der Waals surface area contributed by atoms with Gasteiger partial charge in [-0.15, -0.1) is 0 Å². The molecule has 1 fully saturated rings. The van der Waals surface area contributed by atoms with Gasteiger partial charge in [0, 0.05) is 5.54 Å². The molecular formula is C15H21N. The molecule has 86 valence electrons. The van der Waals surface area contributed by atoms with Crippen molar-refractivity contribution in [1.29, 1.82) is 0 Å². The van der Waals surface area contributed by atoms with E-state index in [2.05, 4.69) is 19.1 Å². The van der Waals surface area contributed by atoms with Crippen molar-refractivity contribution in [2.45, 2.75) is 57.4 Å². The van der Waals surface area contributed by atoms with E-state index in [9.17, 15) is 0 Å². The topological polar surface area (TPSA) is 26.0 Å². The van der Waals surface area contributed by atoms with Gasteiger partial charge >= 0.3 is 0 Å². The highest BCUT2D eigenvalue weighted by Crippen LogP contribution is 2.42.